The highest BCUT2D eigenvalue weighted by Gasteiger charge is 2.34. The number of nitrogens with two attached hydrogens (primary N) is 1. The van der Waals surface area contributed by atoms with Gasteiger partial charge in [-0.2, -0.15) is 0 Å². The van der Waals surface area contributed by atoms with E-state index in [0.29, 0.717) is 5.92 Å². The molecule has 2 unspecified atom stereocenters. The van der Waals surface area contributed by atoms with Crippen molar-refractivity contribution in [3.8, 4) is 5.75 Å². The van der Waals surface area contributed by atoms with E-state index >= 15 is 0 Å². The minimum Gasteiger partial charge on any atom is -0.493 e. The van der Waals surface area contributed by atoms with Crippen molar-refractivity contribution in [1.82, 2.24) is 0 Å². The van der Waals surface area contributed by atoms with E-state index in [2.05, 4.69) is 18.2 Å². The van der Waals surface area contributed by atoms with Gasteiger partial charge in [-0.1, -0.05) is 12.1 Å². The summed E-state index contributed by atoms with van der Waals surface area (Å²) in [5, 5.41) is 0. The Hall–Kier alpha value is -1.06. The number of hydrogen-bond acceptors (Lipinski definition) is 3. The van der Waals surface area contributed by atoms with Gasteiger partial charge in [0.05, 0.1) is 12.7 Å². The van der Waals surface area contributed by atoms with Gasteiger partial charge in [-0.05, 0) is 48.8 Å². The molecule has 19 heavy (non-hydrogen) atoms. The van der Waals surface area contributed by atoms with E-state index in [1.807, 2.05) is 0 Å². The highest BCUT2D eigenvalue weighted by Crippen LogP contribution is 2.36. The Morgan fingerprint density at radius 2 is 2.26 bits per heavy atom. The molecule has 1 aromatic rings. The quantitative estimate of drug-likeness (QED) is 0.854. The first-order valence-corrected chi connectivity index (χ1v) is 7.31. The van der Waals surface area contributed by atoms with E-state index in [0.717, 1.165) is 31.6 Å². The van der Waals surface area contributed by atoms with Crippen LogP contribution in [0.25, 0.3) is 0 Å². The van der Waals surface area contributed by atoms with E-state index < -0.39 is 0 Å². The Bertz CT molecular complexity index is 442. The third-order valence-electron chi connectivity index (χ3n) is 4.30. The number of aryl methyl sites for hydroxylation is 1. The minimum absolute atomic E-state index is 0.155. The molecule has 104 valence electrons. The topological polar surface area (TPSA) is 44.5 Å². The van der Waals surface area contributed by atoms with Crippen LogP contribution < -0.4 is 10.5 Å². The van der Waals surface area contributed by atoms with E-state index in [9.17, 15) is 0 Å². The van der Waals surface area contributed by atoms with Crippen molar-refractivity contribution in [1.29, 1.82) is 0 Å². The van der Waals surface area contributed by atoms with E-state index in [4.69, 9.17) is 15.2 Å². The van der Waals surface area contributed by atoms with Gasteiger partial charge in [0.15, 0.2) is 0 Å². The standard InChI is InChI=1S/C16H23NO2/c1-18-16(12-4-5-12)14(17)6-2-11-3-7-15-13(10-11)8-9-19-15/h3,7,10,12,14,16H,2,4-6,8-9,17H2,1H3. The summed E-state index contributed by atoms with van der Waals surface area (Å²) in [6, 6.07) is 6.68. The van der Waals surface area contributed by atoms with Crippen molar-refractivity contribution in [3.63, 3.8) is 0 Å². The Kier molecular flexibility index (Phi) is 3.76. The predicted octanol–water partition coefficient (Wildman–Crippen LogP) is 2.31. The molecule has 2 N–H and O–H groups in total. The molecule has 3 heteroatoms. The third-order valence-corrected chi connectivity index (χ3v) is 4.30. The van der Waals surface area contributed by atoms with Gasteiger partial charge in [-0.15, -0.1) is 0 Å². The molecule has 3 rings (SSSR count). The molecular formula is C16H23NO2. The summed E-state index contributed by atoms with van der Waals surface area (Å²) in [4.78, 5) is 0. The maximum Gasteiger partial charge on any atom is 0.122 e. The normalized spacial score (nSPS) is 20.7. The lowest BCUT2D eigenvalue weighted by molar-refractivity contribution is 0.0603. The second-order valence-corrected chi connectivity index (χ2v) is 5.78. The van der Waals surface area contributed by atoms with Crippen LogP contribution >= 0.6 is 0 Å². The van der Waals surface area contributed by atoms with Gasteiger partial charge in [0.25, 0.3) is 0 Å². The number of rotatable bonds is 6. The van der Waals surface area contributed by atoms with Crippen molar-refractivity contribution < 1.29 is 9.47 Å². The zero-order valence-corrected chi connectivity index (χ0v) is 11.6. The monoisotopic (exact) mass is 261 g/mol. The molecule has 0 saturated heterocycles. The molecule has 1 saturated carbocycles. The smallest absolute Gasteiger partial charge is 0.122 e. The fourth-order valence-corrected chi connectivity index (χ4v) is 3.03. The summed E-state index contributed by atoms with van der Waals surface area (Å²) in [6.07, 6.45) is 5.87. The lowest BCUT2D eigenvalue weighted by Crippen LogP contribution is -2.38. The van der Waals surface area contributed by atoms with Crippen LogP contribution in [-0.4, -0.2) is 25.9 Å². The summed E-state index contributed by atoms with van der Waals surface area (Å²) in [7, 11) is 1.79. The van der Waals surface area contributed by atoms with Gasteiger partial charge in [0.2, 0.25) is 0 Å². The molecule has 0 aromatic heterocycles. The molecule has 1 aromatic carbocycles. The maximum absolute atomic E-state index is 6.28. The van der Waals surface area contributed by atoms with Crippen LogP contribution in [0.1, 0.15) is 30.4 Å². The Morgan fingerprint density at radius 3 is 3.00 bits per heavy atom. The SMILES string of the molecule is COC(C(N)CCc1ccc2c(c1)CCO2)C1CC1. The maximum atomic E-state index is 6.28. The average Bonchev–Trinajstić information content (AvgIpc) is 3.14. The summed E-state index contributed by atoms with van der Waals surface area (Å²) < 4.78 is 11.1. The van der Waals surface area contributed by atoms with Gasteiger partial charge >= 0.3 is 0 Å². The van der Waals surface area contributed by atoms with Crippen LogP contribution in [0.5, 0.6) is 5.75 Å². The van der Waals surface area contributed by atoms with Gasteiger partial charge in [-0.3, -0.25) is 0 Å². The third kappa shape index (κ3) is 2.93. The van der Waals surface area contributed by atoms with E-state index in [-0.39, 0.29) is 12.1 Å². The molecule has 3 nitrogen and oxygen atoms in total. The molecule has 0 spiro atoms. The molecule has 1 aliphatic heterocycles. The van der Waals surface area contributed by atoms with Gasteiger partial charge in [-0.25, -0.2) is 0 Å². The lowest BCUT2D eigenvalue weighted by Gasteiger charge is -2.22. The predicted molar refractivity (Wildman–Crippen MR) is 75.5 cm³/mol. The number of ether oxygens (including phenoxy) is 2. The van der Waals surface area contributed by atoms with Gasteiger partial charge in [0.1, 0.15) is 5.75 Å². The van der Waals surface area contributed by atoms with Crippen LogP contribution in [0.3, 0.4) is 0 Å². The average molecular weight is 261 g/mol. The van der Waals surface area contributed by atoms with E-state index in [1.54, 1.807) is 7.11 Å². The molecule has 1 fully saturated rings. The zero-order chi connectivity index (χ0) is 13.2. The molecule has 0 bridgehead atoms. The number of methoxy groups -OCH3 is 1. The molecular weight excluding hydrogens is 238 g/mol. The highest BCUT2D eigenvalue weighted by atomic mass is 16.5. The number of hydrogen-bond donors (Lipinski definition) is 1. The van der Waals surface area contributed by atoms with Gasteiger partial charge < -0.3 is 15.2 Å². The van der Waals surface area contributed by atoms with Crippen molar-refractivity contribution >= 4 is 0 Å². The van der Waals surface area contributed by atoms with Crippen molar-refractivity contribution in [2.45, 2.75) is 44.2 Å². The van der Waals surface area contributed by atoms with E-state index in [1.165, 1.54) is 24.0 Å². The number of benzene rings is 1. The molecule has 0 radical (unpaired) electrons. The second kappa shape index (κ2) is 5.51. The highest BCUT2D eigenvalue weighted by molar-refractivity contribution is 5.39. The van der Waals surface area contributed by atoms with Gasteiger partial charge in [0, 0.05) is 19.6 Å². The first-order valence-electron chi connectivity index (χ1n) is 7.31. The minimum atomic E-state index is 0.155. The summed E-state index contributed by atoms with van der Waals surface area (Å²) in [5.74, 6) is 1.76. The Labute approximate surface area is 115 Å². The summed E-state index contributed by atoms with van der Waals surface area (Å²) >= 11 is 0. The van der Waals surface area contributed by atoms with Crippen LogP contribution in [0, 0.1) is 5.92 Å². The van der Waals surface area contributed by atoms with Crippen LogP contribution in [-0.2, 0) is 17.6 Å². The second-order valence-electron chi connectivity index (χ2n) is 5.78. The Balaban J connectivity index is 1.56. The summed E-state index contributed by atoms with van der Waals surface area (Å²) in [6.45, 7) is 0.825. The molecule has 1 aliphatic carbocycles. The van der Waals surface area contributed by atoms with Crippen LogP contribution in [0.2, 0.25) is 0 Å². The fourth-order valence-electron chi connectivity index (χ4n) is 3.03. The van der Waals surface area contributed by atoms with Crippen LogP contribution in [0.4, 0.5) is 0 Å². The van der Waals surface area contributed by atoms with Crippen molar-refractivity contribution in [3.05, 3.63) is 29.3 Å². The molecule has 1 heterocycles. The zero-order valence-electron chi connectivity index (χ0n) is 11.6. The molecule has 2 aliphatic rings. The van der Waals surface area contributed by atoms with Crippen molar-refractivity contribution in [2.24, 2.45) is 11.7 Å². The van der Waals surface area contributed by atoms with Crippen LogP contribution in [0.15, 0.2) is 18.2 Å². The molecule has 2 atom stereocenters. The lowest BCUT2D eigenvalue weighted by atomic mass is 9.98. The molecule has 0 amide bonds. The number of fused-ring (bicyclic) bond motifs is 1. The first-order chi connectivity index (χ1) is 9.28. The fraction of sp³-hybridized carbons (Fsp3) is 0.625. The van der Waals surface area contributed by atoms with Crippen molar-refractivity contribution in [2.75, 3.05) is 13.7 Å². The Morgan fingerprint density at radius 1 is 1.42 bits per heavy atom. The first kappa shape index (κ1) is 12.9. The largest absolute Gasteiger partial charge is 0.493 e. The summed E-state index contributed by atoms with van der Waals surface area (Å²) in [5.41, 5.74) is 8.99.